The summed E-state index contributed by atoms with van der Waals surface area (Å²) in [6.45, 7) is 1.97. The molecule has 0 aliphatic carbocycles. The minimum atomic E-state index is -0.359. The van der Waals surface area contributed by atoms with Crippen molar-refractivity contribution in [1.29, 1.82) is 0 Å². The fourth-order valence-corrected chi connectivity index (χ4v) is 2.37. The van der Waals surface area contributed by atoms with Gasteiger partial charge in [-0.25, -0.2) is 4.79 Å². The van der Waals surface area contributed by atoms with Crippen LogP contribution in [0.2, 0.25) is 0 Å². The van der Waals surface area contributed by atoms with Crippen molar-refractivity contribution >= 4 is 11.0 Å². The van der Waals surface area contributed by atoms with Crippen molar-refractivity contribution in [2.75, 3.05) is 7.11 Å². The summed E-state index contributed by atoms with van der Waals surface area (Å²) >= 11 is 0. The van der Waals surface area contributed by atoms with Gasteiger partial charge in [0.05, 0.1) is 7.11 Å². The molecule has 0 N–H and O–H groups in total. The molecule has 0 atom stereocenters. The van der Waals surface area contributed by atoms with Crippen LogP contribution in [0, 0.1) is 6.92 Å². The number of rotatable bonds is 2. The van der Waals surface area contributed by atoms with Gasteiger partial charge >= 0.3 is 5.63 Å². The molecule has 1 heterocycles. The Morgan fingerprint density at radius 3 is 2.50 bits per heavy atom. The summed E-state index contributed by atoms with van der Waals surface area (Å²) in [4.78, 5) is 11.8. The fraction of sp³-hybridized carbons (Fsp3) is 0.118. The molecular weight excluding hydrogens is 252 g/mol. The lowest BCUT2D eigenvalue weighted by atomic mass is 10.0. The second-order valence-corrected chi connectivity index (χ2v) is 4.66. The standard InChI is InChI=1S/C17H14O3/c1-11-8-14-13(12-6-4-3-5-7-12)9-17(18)20-16(14)10-15(11)19-2/h3-10H,1-2H3. The molecule has 2 aromatic carbocycles. The highest BCUT2D eigenvalue weighted by Gasteiger charge is 2.10. The van der Waals surface area contributed by atoms with E-state index in [-0.39, 0.29) is 5.63 Å². The van der Waals surface area contributed by atoms with Gasteiger partial charge in [-0.1, -0.05) is 30.3 Å². The summed E-state index contributed by atoms with van der Waals surface area (Å²) in [6, 6.07) is 15.1. The smallest absolute Gasteiger partial charge is 0.336 e. The Labute approximate surface area is 116 Å². The highest BCUT2D eigenvalue weighted by atomic mass is 16.5. The van der Waals surface area contributed by atoms with E-state index in [1.807, 2.05) is 43.3 Å². The quantitative estimate of drug-likeness (QED) is 0.663. The van der Waals surface area contributed by atoms with Crippen LogP contribution >= 0.6 is 0 Å². The lowest BCUT2D eigenvalue weighted by Gasteiger charge is -2.09. The highest BCUT2D eigenvalue weighted by molar-refractivity contribution is 5.94. The molecule has 0 aliphatic heterocycles. The van der Waals surface area contributed by atoms with Crippen LogP contribution < -0.4 is 10.4 Å². The third kappa shape index (κ3) is 2.07. The first-order valence-electron chi connectivity index (χ1n) is 6.37. The molecule has 20 heavy (non-hydrogen) atoms. The van der Waals surface area contributed by atoms with Crippen molar-refractivity contribution in [3.8, 4) is 16.9 Å². The average Bonchev–Trinajstić information content (AvgIpc) is 2.47. The van der Waals surface area contributed by atoms with Gasteiger partial charge in [0, 0.05) is 17.5 Å². The Bertz CT molecular complexity index is 817. The molecule has 0 saturated heterocycles. The Morgan fingerprint density at radius 2 is 1.80 bits per heavy atom. The van der Waals surface area contributed by atoms with Gasteiger partial charge in [0.2, 0.25) is 0 Å². The van der Waals surface area contributed by atoms with E-state index < -0.39 is 0 Å². The van der Waals surface area contributed by atoms with Gasteiger partial charge in [-0.15, -0.1) is 0 Å². The molecule has 1 aromatic heterocycles. The topological polar surface area (TPSA) is 39.4 Å². The predicted molar refractivity (Wildman–Crippen MR) is 79.2 cm³/mol. The zero-order valence-electron chi connectivity index (χ0n) is 11.3. The van der Waals surface area contributed by atoms with Crippen molar-refractivity contribution in [1.82, 2.24) is 0 Å². The second kappa shape index (κ2) is 4.85. The minimum absolute atomic E-state index is 0.359. The molecule has 0 radical (unpaired) electrons. The van der Waals surface area contributed by atoms with Crippen LogP contribution in [0.15, 0.2) is 57.7 Å². The molecule has 3 rings (SSSR count). The lowest BCUT2D eigenvalue weighted by Crippen LogP contribution is -1.99. The molecule has 0 unspecified atom stereocenters. The Kier molecular flexibility index (Phi) is 3.03. The Hall–Kier alpha value is -2.55. The second-order valence-electron chi connectivity index (χ2n) is 4.66. The van der Waals surface area contributed by atoms with Gasteiger partial charge < -0.3 is 9.15 Å². The molecule has 0 amide bonds. The van der Waals surface area contributed by atoms with Gasteiger partial charge in [0.15, 0.2) is 0 Å². The van der Waals surface area contributed by atoms with Gasteiger partial charge in [-0.2, -0.15) is 0 Å². The largest absolute Gasteiger partial charge is 0.496 e. The van der Waals surface area contributed by atoms with Crippen LogP contribution in [0.4, 0.5) is 0 Å². The first-order valence-corrected chi connectivity index (χ1v) is 6.37. The van der Waals surface area contributed by atoms with E-state index >= 15 is 0 Å². The molecule has 0 bridgehead atoms. The highest BCUT2D eigenvalue weighted by Crippen LogP contribution is 2.31. The maximum Gasteiger partial charge on any atom is 0.336 e. The van der Waals surface area contributed by atoms with Gasteiger partial charge in [0.1, 0.15) is 11.3 Å². The third-order valence-electron chi connectivity index (χ3n) is 3.34. The van der Waals surface area contributed by atoms with Gasteiger partial charge in [-0.3, -0.25) is 0 Å². The zero-order chi connectivity index (χ0) is 14.1. The van der Waals surface area contributed by atoms with Crippen LogP contribution in [0.25, 0.3) is 22.1 Å². The summed E-state index contributed by atoms with van der Waals surface area (Å²) in [5.41, 5.74) is 3.06. The monoisotopic (exact) mass is 266 g/mol. The Balaban J connectivity index is 2.38. The van der Waals surface area contributed by atoms with E-state index in [0.29, 0.717) is 11.3 Å². The maximum atomic E-state index is 11.8. The van der Waals surface area contributed by atoms with E-state index in [1.165, 1.54) is 6.07 Å². The number of hydrogen-bond donors (Lipinski definition) is 0. The van der Waals surface area contributed by atoms with Crippen molar-refractivity contribution in [2.45, 2.75) is 6.92 Å². The normalized spacial score (nSPS) is 10.7. The van der Waals surface area contributed by atoms with Crippen molar-refractivity contribution < 1.29 is 9.15 Å². The van der Waals surface area contributed by atoms with Crippen molar-refractivity contribution in [3.05, 3.63) is 64.5 Å². The molecule has 100 valence electrons. The van der Waals surface area contributed by atoms with E-state index in [2.05, 4.69) is 0 Å². The molecule has 3 nitrogen and oxygen atoms in total. The summed E-state index contributed by atoms with van der Waals surface area (Å²) in [5.74, 6) is 0.714. The van der Waals surface area contributed by atoms with Gasteiger partial charge in [0.25, 0.3) is 0 Å². The summed E-state index contributed by atoms with van der Waals surface area (Å²) in [5, 5.41) is 0.911. The number of methoxy groups -OCH3 is 1. The van der Waals surface area contributed by atoms with Crippen LogP contribution in [0.5, 0.6) is 5.75 Å². The number of hydrogen-bond acceptors (Lipinski definition) is 3. The first kappa shape index (κ1) is 12.5. The van der Waals surface area contributed by atoms with Crippen LogP contribution in [-0.2, 0) is 0 Å². The Morgan fingerprint density at radius 1 is 1.05 bits per heavy atom. The molecule has 0 fully saturated rings. The van der Waals surface area contributed by atoms with Gasteiger partial charge in [-0.05, 0) is 29.7 Å². The number of fused-ring (bicyclic) bond motifs is 1. The van der Waals surface area contributed by atoms with E-state index in [9.17, 15) is 4.79 Å². The van der Waals surface area contributed by atoms with Crippen molar-refractivity contribution in [2.24, 2.45) is 0 Å². The minimum Gasteiger partial charge on any atom is -0.496 e. The van der Waals surface area contributed by atoms with E-state index in [4.69, 9.17) is 9.15 Å². The van der Waals surface area contributed by atoms with E-state index in [0.717, 1.165) is 22.1 Å². The van der Waals surface area contributed by atoms with E-state index in [1.54, 1.807) is 13.2 Å². The number of benzene rings is 2. The molecule has 3 aromatic rings. The van der Waals surface area contributed by atoms with Crippen LogP contribution in [-0.4, -0.2) is 7.11 Å². The molecular formula is C17H14O3. The van der Waals surface area contributed by atoms with Crippen molar-refractivity contribution in [3.63, 3.8) is 0 Å². The average molecular weight is 266 g/mol. The zero-order valence-corrected chi connectivity index (χ0v) is 11.3. The molecule has 3 heteroatoms. The summed E-state index contributed by atoms with van der Waals surface area (Å²) in [7, 11) is 1.60. The van der Waals surface area contributed by atoms with Crippen LogP contribution in [0.3, 0.4) is 0 Å². The molecule has 0 spiro atoms. The lowest BCUT2D eigenvalue weighted by molar-refractivity contribution is 0.411. The third-order valence-corrected chi connectivity index (χ3v) is 3.34. The molecule has 0 saturated carbocycles. The SMILES string of the molecule is COc1cc2oc(=O)cc(-c3ccccc3)c2cc1C. The maximum absolute atomic E-state index is 11.8. The predicted octanol–water partition coefficient (Wildman–Crippen LogP) is 3.78. The fourth-order valence-electron chi connectivity index (χ4n) is 2.37. The number of ether oxygens (including phenoxy) is 1. The summed E-state index contributed by atoms with van der Waals surface area (Å²) < 4.78 is 10.6. The molecule has 0 aliphatic rings. The summed E-state index contributed by atoms with van der Waals surface area (Å²) in [6.07, 6.45) is 0. The van der Waals surface area contributed by atoms with Crippen LogP contribution in [0.1, 0.15) is 5.56 Å². The first-order chi connectivity index (χ1) is 9.69. The number of aryl methyl sites for hydroxylation is 1.